The molecule has 17 heavy (non-hydrogen) atoms. The fourth-order valence-electron chi connectivity index (χ4n) is 1.60. The highest BCUT2D eigenvalue weighted by molar-refractivity contribution is 5.35. The van der Waals surface area contributed by atoms with Gasteiger partial charge in [0.1, 0.15) is 5.75 Å². The van der Waals surface area contributed by atoms with E-state index >= 15 is 0 Å². The fraction of sp³-hybridized carbons (Fsp3) is 0.214. The van der Waals surface area contributed by atoms with E-state index in [1.54, 1.807) is 0 Å². The van der Waals surface area contributed by atoms with Crippen molar-refractivity contribution in [2.45, 2.75) is 20.4 Å². The van der Waals surface area contributed by atoms with Gasteiger partial charge in [0.15, 0.2) is 0 Å². The molecular formula is C14H16N2O. The van der Waals surface area contributed by atoms with Crippen LogP contribution in [0.2, 0.25) is 0 Å². The Hall–Kier alpha value is -1.87. The summed E-state index contributed by atoms with van der Waals surface area (Å²) in [5, 5.41) is 0. The Morgan fingerprint density at radius 2 is 2.00 bits per heavy atom. The number of aryl methyl sites for hydroxylation is 2. The number of hydrogen-bond donors (Lipinski definition) is 1. The summed E-state index contributed by atoms with van der Waals surface area (Å²) < 4.78 is 5.77. The summed E-state index contributed by atoms with van der Waals surface area (Å²) in [6.45, 7) is 4.39. The van der Waals surface area contributed by atoms with Crippen LogP contribution in [0.1, 0.15) is 16.8 Å². The predicted octanol–water partition coefficient (Wildman–Crippen LogP) is 2.95. The first-order valence-electron chi connectivity index (χ1n) is 5.60. The van der Waals surface area contributed by atoms with Crippen LogP contribution in [0.15, 0.2) is 36.4 Å². The smallest absolute Gasteiger partial charge is 0.223 e. The van der Waals surface area contributed by atoms with Crippen LogP contribution in [0.5, 0.6) is 11.6 Å². The number of hydrogen-bond acceptors (Lipinski definition) is 3. The van der Waals surface area contributed by atoms with E-state index in [2.05, 4.69) is 4.98 Å². The summed E-state index contributed by atoms with van der Waals surface area (Å²) >= 11 is 0. The molecule has 2 rings (SSSR count). The SMILES string of the molecule is Cc1cccc(Oc2nc(C)ccc2CN)c1. The minimum absolute atomic E-state index is 0.425. The van der Waals surface area contributed by atoms with E-state index in [-0.39, 0.29) is 0 Å². The summed E-state index contributed by atoms with van der Waals surface area (Å²) in [7, 11) is 0. The van der Waals surface area contributed by atoms with E-state index in [9.17, 15) is 0 Å². The van der Waals surface area contributed by atoms with Crippen molar-refractivity contribution in [3.8, 4) is 11.6 Å². The van der Waals surface area contributed by atoms with E-state index in [4.69, 9.17) is 10.5 Å². The second-order valence-electron chi connectivity index (χ2n) is 4.04. The van der Waals surface area contributed by atoms with Gasteiger partial charge in [-0.25, -0.2) is 4.98 Å². The Labute approximate surface area is 101 Å². The van der Waals surface area contributed by atoms with Crippen LogP contribution in [0, 0.1) is 13.8 Å². The Morgan fingerprint density at radius 1 is 1.18 bits per heavy atom. The van der Waals surface area contributed by atoms with Gasteiger partial charge in [0, 0.05) is 17.8 Å². The molecular weight excluding hydrogens is 212 g/mol. The van der Waals surface area contributed by atoms with E-state index in [0.717, 1.165) is 22.6 Å². The number of benzene rings is 1. The quantitative estimate of drug-likeness (QED) is 0.878. The summed E-state index contributed by atoms with van der Waals surface area (Å²) in [4.78, 5) is 4.37. The second-order valence-corrected chi connectivity index (χ2v) is 4.04. The lowest BCUT2D eigenvalue weighted by atomic mass is 10.2. The summed E-state index contributed by atoms with van der Waals surface area (Å²) in [5.74, 6) is 1.39. The van der Waals surface area contributed by atoms with Crippen molar-refractivity contribution in [1.29, 1.82) is 0 Å². The number of rotatable bonds is 3. The molecule has 0 atom stereocenters. The van der Waals surface area contributed by atoms with Crippen molar-refractivity contribution in [3.63, 3.8) is 0 Å². The third-order valence-corrected chi connectivity index (χ3v) is 2.50. The van der Waals surface area contributed by atoms with Crippen LogP contribution >= 0.6 is 0 Å². The number of aromatic nitrogens is 1. The van der Waals surface area contributed by atoms with Gasteiger partial charge in [-0.3, -0.25) is 0 Å². The molecule has 0 unspecified atom stereocenters. The molecule has 0 amide bonds. The van der Waals surface area contributed by atoms with Crippen LogP contribution in [0.3, 0.4) is 0 Å². The van der Waals surface area contributed by atoms with Gasteiger partial charge in [0.05, 0.1) is 0 Å². The average molecular weight is 228 g/mol. The summed E-state index contributed by atoms with van der Waals surface area (Å²) in [6, 6.07) is 11.8. The molecule has 0 aliphatic carbocycles. The van der Waals surface area contributed by atoms with Crippen LogP contribution in [0.4, 0.5) is 0 Å². The van der Waals surface area contributed by atoms with Gasteiger partial charge in [0.25, 0.3) is 0 Å². The maximum atomic E-state index is 5.77. The van der Waals surface area contributed by atoms with Gasteiger partial charge >= 0.3 is 0 Å². The molecule has 3 nitrogen and oxygen atoms in total. The van der Waals surface area contributed by atoms with E-state index in [1.807, 2.05) is 50.2 Å². The highest BCUT2D eigenvalue weighted by atomic mass is 16.5. The van der Waals surface area contributed by atoms with Crippen LogP contribution in [-0.4, -0.2) is 4.98 Å². The van der Waals surface area contributed by atoms with Crippen molar-refractivity contribution in [2.24, 2.45) is 5.73 Å². The molecule has 2 N–H and O–H groups in total. The Bertz CT molecular complexity index is 523. The van der Waals surface area contributed by atoms with Gasteiger partial charge in [-0.05, 0) is 37.6 Å². The molecule has 1 aromatic heterocycles. The zero-order valence-electron chi connectivity index (χ0n) is 10.1. The van der Waals surface area contributed by atoms with Gasteiger partial charge in [-0.15, -0.1) is 0 Å². The first-order chi connectivity index (χ1) is 8.19. The van der Waals surface area contributed by atoms with Crippen molar-refractivity contribution >= 4 is 0 Å². The molecule has 88 valence electrons. The molecule has 0 radical (unpaired) electrons. The molecule has 0 spiro atoms. The zero-order chi connectivity index (χ0) is 12.3. The Morgan fingerprint density at radius 3 is 2.71 bits per heavy atom. The lowest BCUT2D eigenvalue weighted by Gasteiger charge is -2.10. The Balaban J connectivity index is 2.32. The second kappa shape index (κ2) is 4.97. The van der Waals surface area contributed by atoms with Gasteiger partial charge < -0.3 is 10.5 Å². The van der Waals surface area contributed by atoms with Gasteiger partial charge in [0.2, 0.25) is 5.88 Å². The largest absolute Gasteiger partial charge is 0.439 e. The summed E-state index contributed by atoms with van der Waals surface area (Å²) in [6.07, 6.45) is 0. The highest BCUT2D eigenvalue weighted by Gasteiger charge is 2.05. The van der Waals surface area contributed by atoms with Gasteiger partial charge in [-0.1, -0.05) is 18.2 Å². The van der Waals surface area contributed by atoms with Crippen molar-refractivity contribution < 1.29 is 4.74 Å². The number of nitrogens with two attached hydrogens (primary N) is 1. The minimum Gasteiger partial charge on any atom is -0.439 e. The summed E-state index contributed by atoms with van der Waals surface area (Å²) in [5.41, 5.74) is 8.66. The highest BCUT2D eigenvalue weighted by Crippen LogP contribution is 2.24. The molecule has 3 heteroatoms. The molecule has 0 aliphatic heterocycles. The van der Waals surface area contributed by atoms with Crippen LogP contribution < -0.4 is 10.5 Å². The standard InChI is InChI=1S/C14H16N2O/c1-10-4-3-5-13(8-10)17-14-12(9-15)7-6-11(2)16-14/h3-8H,9,15H2,1-2H3. The number of nitrogens with zero attached hydrogens (tertiary/aromatic N) is 1. The molecule has 0 saturated carbocycles. The molecule has 0 fully saturated rings. The number of ether oxygens (including phenoxy) is 1. The minimum atomic E-state index is 0.425. The molecule has 0 aliphatic rings. The molecule has 0 saturated heterocycles. The van der Waals surface area contributed by atoms with Gasteiger partial charge in [-0.2, -0.15) is 0 Å². The zero-order valence-corrected chi connectivity index (χ0v) is 10.1. The predicted molar refractivity (Wildman–Crippen MR) is 68.1 cm³/mol. The lowest BCUT2D eigenvalue weighted by molar-refractivity contribution is 0.454. The maximum Gasteiger partial charge on any atom is 0.223 e. The monoisotopic (exact) mass is 228 g/mol. The maximum absolute atomic E-state index is 5.77. The van der Waals surface area contributed by atoms with Crippen molar-refractivity contribution in [1.82, 2.24) is 4.98 Å². The van der Waals surface area contributed by atoms with E-state index in [1.165, 1.54) is 0 Å². The average Bonchev–Trinajstić information content (AvgIpc) is 2.29. The third-order valence-electron chi connectivity index (χ3n) is 2.50. The van der Waals surface area contributed by atoms with Crippen molar-refractivity contribution in [2.75, 3.05) is 0 Å². The van der Waals surface area contributed by atoms with E-state index < -0.39 is 0 Å². The topological polar surface area (TPSA) is 48.1 Å². The molecule has 0 bridgehead atoms. The Kier molecular flexibility index (Phi) is 3.40. The molecule has 2 aromatic rings. The first-order valence-corrected chi connectivity index (χ1v) is 5.60. The normalized spacial score (nSPS) is 10.3. The first kappa shape index (κ1) is 11.6. The third kappa shape index (κ3) is 2.82. The van der Waals surface area contributed by atoms with Crippen molar-refractivity contribution in [3.05, 3.63) is 53.2 Å². The molecule has 1 aromatic carbocycles. The van der Waals surface area contributed by atoms with Crippen LogP contribution in [0.25, 0.3) is 0 Å². The lowest BCUT2D eigenvalue weighted by Crippen LogP contribution is -2.02. The van der Waals surface area contributed by atoms with Crippen LogP contribution in [-0.2, 0) is 6.54 Å². The number of pyridine rings is 1. The van der Waals surface area contributed by atoms with E-state index in [0.29, 0.717) is 12.4 Å². The molecule has 1 heterocycles. The fourth-order valence-corrected chi connectivity index (χ4v) is 1.60.